The molecule has 0 aliphatic rings. The van der Waals surface area contributed by atoms with Crippen LogP contribution in [0.25, 0.3) is 194 Å². The standard InChI is InChI=1S/C80H44N6S2/c1-3-19-51-46(16-1)18-15-25-57(51)78-80(84-66-29-12-10-27-64(66)82-78)86-68-31-14-8-23-55(68)60-41-62-73(44-70(60)86)88-74-42-58(53-21-5-6-24-56(53)76(62)74)48-34-32-45-33-35-49(39-50(45)38-48)77-79(83-65-28-11-9-26-63(65)81-77)85-67-30-13-7-22-54(67)59-40-61-72(43-69(59)85)87-71-37-36-47-17-2-4-20-52(47)75(61)71/h1-44H. The van der Waals surface area contributed by atoms with Gasteiger partial charge in [-0.1, -0.05) is 182 Å². The van der Waals surface area contributed by atoms with Crippen molar-refractivity contribution in [3.8, 4) is 45.3 Å². The van der Waals surface area contributed by atoms with Crippen molar-refractivity contribution in [2.75, 3.05) is 0 Å². The predicted molar refractivity (Wildman–Crippen MR) is 373 cm³/mol. The van der Waals surface area contributed by atoms with Crippen molar-refractivity contribution in [1.29, 1.82) is 0 Å². The zero-order valence-corrected chi connectivity index (χ0v) is 48.5. The van der Waals surface area contributed by atoms with Gasteiger partial charge in [0.2, 0.25) is 0 Å². The fourth-order valence-corrected chi connectivity index (χ4v) is 16.8. The van der Waals surface area contributed by atoms with Crippen LogP contribution in [0.4, 0.5) is 0 Å². The molecule has 0 radical (unpaired) electrons. The number of benzene rings is 14. The first-order valence-electron chi connectivity index (χ1n) is 29.8. The quantitative estimate of drug-likeness (QED) is 0.172. The van der Waals surface area contributed by atoms with Gasteiger partial charge >= 0.3 is 0 Å². The summed E-state index contributed by atoms with van der Waals surface area (Å²) in [6, 6.07) is 97.2. The Morgan fingerprint density at radius 1 is 0.239 bits per heavy atom. The summed E-state index contributed by atoms with van der Waals surface area (Å²) in [5, 5.41) is 19.4. The highest BCUT2D eigenvalue weighted by atomic mass is 32.1. The van der Waals surface area contributed by atoms with E-state index >= 15 is 0 Å². The minimum Gasteiger partial charge on any atom is -0.292 e. The van der Waals surface area contributed by atoms with Crippen LogP contribution in [0.3, 0.4) is 0 Å². The summed E-state index contributed by atoms with van der Waals surface area (Å²) in [6.45, 7) is 0. The minimum absolute atomic E-state index is 0.806. The number of para-hydroxylation sites is 6. The normalized spacial score (nSPS) is 12.3. The molecular weight excluding hydrogens is 1110 g/mol. The monoisotopic (exact) mass is 1150 g/mol. The summed E-state index contributed by atoms with van der Waals surface area (Å²) in [5.41, 5.74) is 13.9. The molecule has 20 rings (SSSR count). The molecule has 0 aliphatic heterocycles. The van der Waals surface area contributed by atoms with Crippen molar-refractivity contribution in [3.05, 3.63) is 267 Å². The van der Waals surface area contributed by atoms with Gasteiger partial charge in [0.05, 0.1) is 44.1 Å². The molecule has 0 bridgehead atoms. The molecule has 0 N–H and O–H groups in total. The van der Waals surface area contributed by atoms with E-state index in [1.54, 1.807) is 0 Å². The third kappa shape index (κ3) is 6.92. The van der Waals surface area contributed by atoms with Gasteiger partial charge in [-0.15, -0.1) is 22.7 Å². The van der Waals surface area contributed by atoms with Crippen molar-refractivity contribution in [2.24, 2.45) is 0 Å². The van der Waals surface area contributed by atoms with E-state index in [0.717, 1.165) is 100 Å². The van der Waals surface area contributed by atoms with Crippen molar-refractivity contribution >= 4 is 172 Å². The SMILES string of the molecule is c1ccc2c(-c3nc4ccccc4nc3-n3c4ccccc4c4cc5c(cc43)sc3cc(-c4ccc6ccc(-c7nc8ccccc8nc7-n7c8ccccc8c8cc9c(cc87)sc7ccc8ccccc8c79)cc6c4)c4ccccc4c35)cccc2c1. The van der Waals surface area contributed by atoms with E-state index in [-0.39, 0.29) is 0 Å². The third-order valence-corrected chi connectivity index (χ3v) is 20.6. The lowest BCUT2D eigenvalue weighted by atomic mass is 9.93. The molecule has 406 valence electrons. The Balaban J connectivity index is 0.765. The Morgan fingerprint density at radius 3 is 1.39 bits per heavy atom. The van der Waals surface area contributed by atoms with Crippen LogP contribution in [-0.2, 0) is 0 Å². The second-order valence-corrected chi connectivity index (χ2v) is 25.4. The molecule has 0 saturated carbocycles. The van der Waals surface area contributed by atoms with Gasteiger partial charge < -0.3 is 0 Å². The maximum Gasteiger partial charge on any atom is 0.165 e. The van der Waals surface area contributed by atoms with Crippen LogP contribution in [-0.4, -0.2) is 29.1 Å². The smallest absolute Gasteiger partial charge is 0.165 e. The van der Waals surface area contributed by atoms with Crippen LogP contribution in [0.1, 0.15) is 0 Å². The zero-order chi connectivity index (χ0) is 57.3. The molecule has 0 amide bonds. The van der Waals surface area contributed by atoms with Gasteiger partial charge in [0.25, 0.3) is 0 Å². The first-order chi connectivity index (χ1) is 43.6. The van der Waals surface area contributed by atoms with Crippen molar-refractivity contribution < 1.29 is 0 Å². The molecule has 6 aromatic heterocycles. The number of hydrogen-bond donors (Lipinski definition) is 0. The van der Waals surface area contributed by atoms with E-state index in [2.05, 4.69) is 264 Å². The number of nitrogens with zero attached hydrogens (tertiary/aromatic N) is 6. The Labute approximate surface area is 509 Å². The minimum atomic E-state index is 0.806. The van der Waals surface area contributed by atoms with E-state index in [0.29, 0.717) is 0 Å². The Bertz CT molecular complexity index is 6460. The summed E-state index contributed by atoms with van der Waals surface area (Å²) in [7, 11) is 0. The van der Waals surface area contributed by atoms with E-state index < -0.39 is 0 Å². The van der Waals surface area contributed by atoms with Gasteiger partial charge in [-0.05, 0) is 139 Å². The molecular formula is C80H44N6S2. The van der Waals surface area contributed by atoms with Gasteiger partial charge in [0, 0.05) is 73.0 Å². The number of aromatic nitrogens is 6. The average Bonchev–Trinajstić information content (AvgIpc) is 2.03. The topological polar surface area (TPSA) is 61.4 Å². The second-order valence-electron chi connectivity index (χ2n) is 23.2. The molecule has 0 saturated heterocycles. The summed E-state index contributed by atoms with van der Waals surface area (Å²) < 4.78 is 9.72. The first-order valence-corrected chi connectivity index (χ1v) is 31.4. The Hall–Kier alpha value is -11.2. The molecule has 0 aliphatic carbocycles. The molecule has 0 spiro atoms. The molecule has 8 heteroatoms. The van der Waals surface area contributed by atoms with Crippen LogP contribution < -0.4 is 0 Å². The molecule has 88 heavy (non-hydrogen) atoms. The fraction of sp³-hybridized carbons (Fsp3) is 0. The molecule has 6 nitrogen and oxygen atoms in total. The second kappa shape index (κ2) is 18.2. The lowest BCUT2D eigenvalue weighted by Gasteiger charge is -2.15. The Morgan fingerprint density at radius 2 is 0.716 bits per heavy atom. The van der Waals surface area contributed by atoms with E-state index in [9.17, 15) is 0 Å². The summed E-state index contributed by atoms with van der Waals surface area (Å²) in [4.78, 5) is 22.1. The first kappa shape index (κ1) is 48.1. The average molecular weight is 1150 g/mol. The molecule has 0 fully saturated rings. The van der Waals surface area contributed by atoms with Crippen molar-refractivity contribution in [1.82, 2.24) is 29.1 Å². The lowest BCUT2D eigenvalue weighted by molar-refractivity contribution is 1.08. The van der Waals surface area contributed by atoms with Gasteiger partial charge in [0.1, 0.15) is 11.4 Å². The number of fused-ring (bicyclic) bond motifs is 20. The maximum atomic E-state index is 5.57. The largest absolute Gasteiger partial charge is 0.292 e. The maximum absolute atomic E-state index is 5.57. The van der Waals surface area contributed by atoms with Gasteiger partial charge in [-0.3, -0.25) is 9.13 Å². The van der Waals surface area contributed by atoms with Crippen LogP contribution in [0.2, 0.25) is 0 Å². The van der Waals surface area contributed by atoms with Crippen molar-refractivity contribution in [3.63, 3.8) is 0 Å². The zero-order valence-electron chi connectivity index (χ0n) is 46.9. The fourth-order valence-electron chi connectivity index (χ4n) is 14.5. The Kier molecular flexibility index (Phi) is 9.94. The summed E-state index contributed by atoms with van der Waals surface area (Å²) in [5.74, 6) is 1.62. The van der Waals surface area contributed by atoms with Crippen LogP contribution in [0, 0.1) is 0 Å². The van der Waals surface area contributed by atoms with Gasteiger partial charge in [-0.25, -0.2) is 19.9 Å². The molecule has 20 aromatic rings. The number of hydrogen-bond acceptors (Lipinski definition) is 6. The highest BCUT2D eigenvalue weighted by molar-refractivity contribution is 7.26. The van der Waals surface area contributed by atoms with Gasteiger partial charge in [0.15, 0.2) is 11.6 Å². The van der Waals surface area contributed by atoms with Crippen molar-refractivity contribution in [2.45, 2.75) is 0 Å². The van der Waals surface area contributed by atoms with Crippen LogP contribution in [0.15, 0.2) is 267 Å². The van der Waals surface area contributed by atoms with E-state index in [4.69, 9.17) is 19.9 Å². The summed E-state index contributed by atoms with van der Waals surface area (Å²) >= 11 is 3.72. The number of rotatable bonds is 5. The van der Waals surface area contributed by atoms with Crippen LogP contribution in [0.5, 0.6) is 0 Å². The van der Waals surface area contributed by atoms with E-state index in [1.807, 2.05) is 34.8 Å². The highest BCUT2D eigenvalue weighted by Gasteiger charge is 2.25. The molecule has 0 atom stereocenters. The highest BCUT2D eigenvalue weighted by Crippen LogP contribution is 2.48. The van der Waals surface area contributed by atoms with E-state index in [1.165, 1.54) is 94.4 Å². The predicted octanol–water partition coefficient (Wildman–Crippen LogP) is 22.1. The molecule has 6 heterocycles. The van der Waals surface area contributed by atoms with Crippen LogP contribution >= 0.6 is 22.7 Å². The van der Waals surface area contributed by atoms with Gasteiger partial charge in [-0.2, -0.15) is 0 Å². The third-order valence-electron chi connectivity index (χ3n) is 18.4. The lowest BCUT2D eigenvalue weighted by Crippen LogP contribution is -2.04. The molecule has 0 unspecified atom stereocenters. The number of thiophene rings is 2. The molecule has 14 aromatic carbocycles. The summed E-state index contributed by atoms with van der Waals surface area (Å²) in [6.07, 6.45) is 0.